The first kappa shape index (κ1) is 27.6. The van der Waals surface area contributed by atoms with Crippen LogP contribution in [-0.2, 0) is 14.4 Å². The lowest BCUT2D eigenvalue weighted by Crippen LogP contribution is -2.32. The average molecular weight is 589 g/mol. The molecule has 0 bridgehead atoms. The topological polar surface area (TPSA) is 109 Å². The van der Waals surface area contributed by atoms with Gasteiger partial charge in [0.05, 0.1) is 37.7 Å². The maximum absolute atomic E-state index is 12.3. The number of carbonyl (C=O) groups excluding carboxylic acids is 3. The van der Waals surface area contributed by atoms with Crippen LogP contribution in [0.2, 0.25) is 25.1 Å². The molecule has 13 heteroatoms. The van der Waals surface area contributed by atoms with Crippen molar-refractivity contribution in [1.82, 2.24) is 5.43 Å². The van der Waals surface area contributed by atoms with E-state index >= 15 is 0 Å². The molecular weight excluding hydrogens is 574 g/mol. The van der Waals surface area contributed by atoms with Gasteiger partial charge in [0.15, 0.2) is 6.61 Å². The highest BCUT2D eigenvalue weighted by Crippen LogP contribution is 2.30. The number of ether oxygens (including phenoxy) is 1. The molecule has 0 atom stereocenters. The van der Waals surface area contributed by atoms with Gasteiger partial charge in [0, 0.05) is 10.6 Å². The van der Waals surface area contributed by atoms with E-state index in [1.807, 2.05) is 0 Å². The van der Waals surface area contributed by atoms with Crippen LogP contribution in [0.4, 0.5) is 11.4 Å². The summed E-state index contributed by atoms with van der Waals surface area (Å²) in [5.74, 6) is -2.35. The molecule has 0 spiro atoms. The van der Waals surface area contributed by atoms with Gasteiger partial charge >= 0.3 is 11.8 Å². The summed E-state index contributed by atoms with van der Waals surface area (Å²) in [6, 6.07) is 13.9. The molecule has 0 saturated carbocycles. The van der Waals surface area contributed by atoms with Crippen LogP contribution in [0, 0.1) is 0 Å². The minimum Gasteiger partial charge on any atom is -0.483 e. The van der Waals surface area contributed by atoms with Crippen molar-refractivity contribution in [1.29, 1.82) is 0 Å². The monoisotopic (exact) mass is 586 g/mol. The Kier molecular flexibility index (Phi) is 9.81. The number of rotatable bonds is 7. The summed E-state index contributed by atoms with van der Waals surface area (Å²) in [5, 5.41) is 9.80. The van der Waals surface area contributed by atoms with Crippen molar-refractivity contribution in [2.45, 2.75) is 0 Å². The number of carbonyl (C=O) groups is 3. The van der Waals surface area contributed by atoms with Gasteiger partial charge in [-0.1, -0.05) is 70.1 Å². The van der Waals surface area contributed by atoms with Crippen LogP contribution in [0.1, 0.15) is 5.56 Å². The smallest absolute Gasteiger partial charge is 0.329 e. The molecule has 0 unspecified atom stereocenters. The molecule has 0 aromatic heterocycles. The van der Waals surface area contributed by atoms with Crippen LogP contribution < -0.4 is 20.8 Å². The third kappa shape index (κ3) is 7.49. The van der Waals surface area contributed by atoms with Gasteiger partial charge in [-0.05, 0) is 42.5 Å². The highest BCUT2D eigenvalue weighted by Gasteiger charge is 2.16. The van der Waals surface area contributed by atoms with E-state index in [-0.39, 0.29) is 38.1 Å². The molecule has 0 aliphatic rings. The molecule has 3 aromatic carbocycles. The molecule has 0 radical (unpaired) electrons. The van der Waals surface area contributed by atoms with Crippen molar-refractivity contribution in [2.75, 3.05) is 17.2 Å². The van der Waals surface area contributed by atoms with E-state index in [1.54, 1.807) is 30.3 Å². The van der Waals surface area contributed by atoms with E-state index in [2.05, 4.69) is 21.2 Å². The van der Waals surface area contributed by atoms with Gasteiger partial charge in [0.2, 0.25) is 0 Å². The van der Waals surface area contributed by atoms with Crippen LogP contribution in [0.15, 0.2) is 59.7 Å². The zero-order valence-corrected chi connectivity index (χ0v) is 21.7. The summed E-state index contributed by atoms with van der Waals surface area (Å²) in [7, 11) is 0. The Labute approximate surface area is 230 Å². The zero-order valence-electron chi connectivity index (χ0n) is 18.0. The Balaban J connectivity index is 1.60. The second-order valence-corrected chi connectivity index (χ2v) is 8.88. The molecule has 0 aliphatic carbocycles. The number of halogens is 5. The summed E-state index contributed by atoms with van der Waals surface area (Å²) in [4.78, 5) is 36.5. The summed E-state index contributed by atoms with van der Waals surface area (Å²) < 4.78 is 5.55. The molecule has 36 heavy (non-hydrogen) atoms. The molecule has 3 N–H and O–H groups in total. The van der Waals surface area contributed by atoms with Gasteiger partial charge < -0.3 is 15.4 Å². The minimum absolute atomic E-state index is 0.0891. The van der Waals surface area contributed by atoms with Gasteiger partial charge in [-0.15, -0.1) is 0 Å². The number of nitrogens with one attached hydrogen (secondary N) is 3. The number of amides is 3. The number of nitrogens with zero attached hydrogens (tertiary/aromatic N) is 1. The van der Waals surface area contributed by atoms with Gasteiger partial charge in [-0.2, -0.15) is 5.10 Å². The summed E-state index contributed by atoms with van der Waals surface area (Å²) >= 11 is 29.9. The Morgan fingerprint density at radius 2 is 1.42 bits per heavy atom. The van der Waals surface area contributed by atoms with E-state index in [0.717, 1.165) is 0 Å². The Morgan fingerprint density at radius 1 is 0.806 bits per heavy atom. The van der Waals surface area contributed by atoms with Gasteiger partial charge in [-0.25, -0.2) is 5.43 Å². The summed E-state index contributed by atoms with van der Waals surface area (Å²) in [6.45, 7) is -0.375. The Bertz CT molecular complexity index is 1350. The maximum atomic E-state index is 12.3. The SMILES string of the molecule is O=C(COc1ccc(Cl)cc1/C=N\NC(=O)C(=O)Nc1cccc(Cl)c1Cl)Nc1cccc(Cl)c1Cl. The number of hydrogen-bond donors (Lipinski definition) is 3. The lowest BCUT2D eigenvalue weighted by Gasteiger charge is -2.11. The lowest BCUT2D eigenvalue weighted by molar-refractivity contribution is -0.136. The fraction of sp³-hybridized carbons (Fsp3) is 0.0435. The van der Waals surface area contributed by atoms with E-state index in [1.165, 1.54) is 30.5 Å². The molecule has 0 fully saturated rings. The Morgan fingerprint density at radius 3 is 2.06 bits per heavy atom. The van der Waals surface area contributed by atoms with Gasteiger partial charge in [0.25, 0.3) is 5.91 Å². The van der Waals surface area contributed by atoms with E-state index in [0.29, 0.717) is 16.3 Å². The van der Waals surface area contributed by atoms with E-state index < -0.39 is 17.7 Å². The summed E-state index contributed by atoms with van der Waals surface area (Å²) in [5.41, 5.74) is 2.90. The average Bonchev–Trinajstić information content (AvgIpc) is 2.84. The molecule has 8 nitrogen and oxygen atoms in total. The third-order valence-electron chi connectivity index (χ3n) is 4.33. The minimum atomic E-state index is -1.07. The fourth-order valence-electron chi connectivity index (χ4n) is 2.67. The maximum Gasteiger partial charge on any atom is 0.329 e. The first-order valence-corrected chi connectivity index (χ1v) is 11.8. The normalized spacial score (nSPS) is 10.7. The molecule has 186 valence electrons. The van der Waals surface area contributed by atoms with Crippen molar-refractivity contribution >= 4 is 93.3 Å². The zero-order chi connectivity index (χ0) is 26.2. The van der Waals surface area contributed by atoms with Crippen molar-refractivity contribution in [3.8, 4) is 5.75 Å². The second kappa shape index (κ2) is 12.8. The molecular formula is C23H15Cl5N4O4. The van der Waals surface area contributed by atoms with Crippen molar-refractivity contribution in [2.24, 2.45) is 5.10 Å². The van der Waals surface area contributed by atoms with Crippen molar-refractivity contribution in [3.63, 3.8) is 0 Å². The predicted octanol–water partition coefficient (Wildman–Crippen LogP) is 6.06. The Hall–Kier alpha value is -3.01. The van der Waals surface area contributed by atoms with Crippen LogP contribution in [0.25, 0.3) is 0 Å². The number of anilines is 2. The van der Waals surface area contributed by atoms with Crippen LogP contribution in [0.5, 0.6) is 5.75 Å². The number of hydrazone groups is 1. The quantitative estimate of drug-likeness (QED) is 0.177. The summed E-state index contributed by atoms with van der Waals surface area (Å²) in [6.07, 6.45) is 1.20. The van der Waals surface area contributed by atoms with Gasteiger partial charge in [0.1, 0.15) is 5.75 Å². The second-order valence-electron chi connectivity index (χ2n) is 6.88. The standard InChI is InChI=1S/C23H15Cl5N4O4/c24-13-7-8-18(36-11-19(33)30-16-5-1-3-14(25)20(16)27)12(9-13)10-29-32-23(35)22(34)31-17-6-2-4-15(26)21(17)28/h1-10H,11H2,(H,30,33)(H,31,34)(H,32,35)/b29-10-. The predicted molar refractivity (Wildman–Crippen MR) is 143 cm³/mol. The first-order chi connectivity index (χ1) is 17.2. The fourth-order valence-corrected chi connectivity index (χ4v) is 3.55. The first-order valence-electron chi connectivity index (χ1n) is 9.90. The largest absolute Gasteiger partial charge is 0.483 e. The van der Waals surface area contributed by atoms with Crippen LogP contribution in [-0.4, -0.2) is 30.5 Å². The highest BCUT2D eigenvalue weighted by molar-refractivity contribution is 6.46. The molecule has 3 aromatic rings. The van der Waals surface area contributed by atoms with E-state index in [9.17, 15) is 14.4 Å². The lowest BCUT2D eigenvalue weighted by atomic mass is 10.2. The number of benzene rings is 3. The molecule has 0 aliphatic heterocycles. The molecule has 0 heterocycles. The third-order valence-corrected chi connectivity index (χ3v) is 6.20. The van der Waals surface area contributed by atoms with E-state index in [4.69, 9.17) is 62.7 Å². The van der Waals surface area contributed by atoms with Crippen molar-refractivity contribution in [3.05, 3.63) is 85.3 Å². The van der Waals surface area contributed by atoms with Crippen LogP contribution >= 0.6 is 58.0 Å². The molecule has 3 rings (SSSR count). The highest BCUT2D eigenvalue weighted by atomic mass is 35.5. The van der Waals surface area contributed by atoms with Crippen LogP contribution in [0.3, 0.4) is 0 Å². The molecule has 0 saturated heterocycles. The van der Waals surface area contributed by atoms with Gasteiger partial charge in [-0.3, -0.25) is 14.4 Å². The molecule has 3 amide bonds. The number of hydrogen-bond acceptors (Lipinski definition) is 5. The van der Waals surface area contributed by atoms with Crippen molar-refractivity contribution < 1.29 is 19.1 Å².